The van der Waals surface area contributed by atoms with Crippen LogP contribution in [-0.2, 0) is 17.6 Å². The monoisotopic (exact) mass is 300 g/mol. The molecular weight excluding hydrogens is 288 g/mol. The van der Waals surface area contributed by atoms with Crippen LogP contribution in [0.25, 0.3) is 0 Å². The van der Waals surface area contributed by atoms with E-state index in [9.17, 15) is 4.79 Å². The highest BCUT2D eigenvalue weighted by atomic mass is 35.5. The van der Waals surface area contributed by atoms with Crippen LogP contribution in [0.3, 0.4) is 0 Å². The Bertz CT molecular complexity index is 690. The maximum Gasteiger partial charge on any atom is 0.337 e. The van der Waals surface area contributed by atoms with Gasteiger partial charge in [0, 0.05) is 6.20 Å². The summed E-state index contributed by atoms with van der Waals surface area (Å²) in [5, 5.41) is 9.33. The highest BCUT2D eigenvalue weighted by Crippen LogP contribution is 2.18. The number of methoxy groups -OCH3 is 1. The normalized spacial score (nSPS) is 9.95. The fourth-order valence-electron chi connectivity index (χ4n) is 2.00. The molecule has 0 fully saturated rings. The van der Waals surface area contributed by atoms with Crippen LogP contribution in [0.15, 0.2) is 36.5 Å². The van der Waals surface area contributed by atoms with E-state index in [1.807, 2.05) is 12.1 Å². The SMILES string of the molecule is COC(=O)c1ccc(CCc2ccnc(Cl)c2C#N)cc1. The number of benzene rings is 1. The number of hydrogen-bond acceptors (Lipinski definition) is 4. The zero-order valence-electron chi connectivity index (χ0n) is 11.5. The van der Waals surface area contributed by atoms with Crippen LogP contribution >= 0.6 is 11.6 Å². The van der Waals surface area contributed by atoms with Crippen molar-refractivity contribution in [2.24, 2.45) is 0 Å². The highest BCUT2D eigenvalue weighted by molar-refractivity contribution is 6.30. The summed E-state index contributed by atoms with van der Waals surface area (Å²) in [6.07, 6.45) is 3.03. The quantitative estimate of drug-likeness (QED) is 0.642. The highest BCUT2D eigenvalue weighted by Gasteiger charge is 2.08. The van der Waals surface area contributed by atoms with Crippen molar-refractivity contribution in [3.63, 3.8) is 0 Å². The zero-order valence-corrected chi connectivity index (χ0v) is 12.2. The number of hydrogen-bond donors (Lipinski definition) is 0. The van der Waals surface area contributed by atoms with E-state index in [0.29, 0.717) is 17.5 Å². The number of carbonyl (C=O) groups excluding carboxylic acids is 1. The molecule has 0 aliphatic rings. The van der Waals surface area contributed by atoms with Gasteiger partial charge in [-0.2, -0.15) is 5.26 Å². The zero-order chi connectivity index (χ0) is 15.2. The van der Waals surface area contributed by atoms with Gasteiger partial charge in [-0.05, 0) is 42.2 Å². The van der Waals surface area contributed by atoms with E-state index in [4.69, 9.17) is 16.9 Å². The van der Waals surface area contributed by atoms with Crippen LogP contribution in [0.5, 0.6) is 0 Å². The van der Waals surface area contributed by atoms with Crippen molar-refractivity contribution in [3.05, 3.63) is 63.9 Å². The summed E-state index contributed by atoms with van der Waals surface area (Å²) in [7, 11) is 1.35. The van der Waals surface area contributed by atoms with Crippen molar-refractivity contribution in [1.29, 1.82) is 5.26 Å². The van der Waals surface area contributed by atoms with Gasteiger partial charge in [-0.15, -0.1) is 0 Å². The molecule has 4 nitrogen and oxygen atoms in total. The van der Waals surface area contributed by atoms with E-state index >= 15 is 0 Å². The number of aromatic nitrogens is 1. The van der Waals surface area contributed by atoms with Gasteiger partial charge in [0.2, 0.25) is 0 Å². The Hall–Kier alpha value is -2.38. The lowest BCUT2D eigenvalue weighted by molar-refractivity contribution is 0.0600. The number of ether oxygens (including phenoxy) is 1. The third kappa shape index (κ3) is 3.59. The molecule has 1 aromatic carbocycles. The number of aryl methyl sites for hydroxylation is 2. The molecule has 0 aliphatic carbocycles. The number of halogens is 1. The predicted molar refractivity (Wildman–Crippen MR) is 79.2 cm³/mol. The summed E-state index contributed by atoms with van der Waals surface area (Å²) in [4.78, 5) is 15.2. The summed E-state index contributed by atoms with van der Waals surface area (Å²) >= 11 is 5.90. The Labute approximate surface area is 128 Å². The first-order valence-corrected chi connectivity index (χ1v) is 6.74. The second-order valence-corrected chi connectivity index (χ2v) is 4.79. The summed E-state index contributed by atoms with van der Waals surface area (Å²) < 4.78 is 4.65. The molecule has 106 valence electrons. The van der Waals surface area contributed by atoms with Crippen molar-refractivity contribution in [2.45, 2.75) is 12.8 Å². The van der Waals surface area contributed by atoms with E-state index in [0.717, 1.165) is 17.5 Å². The minimum atomic E-state index is -0.353. The lowest BCUT2D eigenvalue weighted by Crippen LogP contribution is -2.01. The lowest BCUT2D eigenvalue weighted by atomic mass is 10.0. The summed E-state index contributed by atoms with van der Waals surface area (Å²) in [5.74, 6) is -0.353. The van der Waals surface area contributed by atoms with Crippen molar-refractivity contribution < 1.29 is 9.53 Å². The Morgan fingerprint density at radius 2 is 2.00 bits per heavy atom. The second-order valence-electron chi connectivity index (χ2n) is 4.44. The van der Waals surface area contributed by atoms with Gasteiger partial charge in [0.15, 0.2) is 0 Å². The molecule has 2 aromatic rings. The Morgan fingerprint density at radius 1 is 1.29 bits per heavy atom. The van der Waals surface area contributed by atoms with Gasteiger partial charge in [0.05, 0.1) is 18.2 Å². The van der Waals surface area contributed by atoms with Crippen LogP contribution in [0.2, 0.25) is 5.15 Å². The average molecular weight is 301 g/mol. The number of esters is 1. The van der Waals surface area contributed by atoms with Crippen molar-refractivity contribution in [3.8, 4) is 6.07 Å². The molecular formula is C16H13ClN2O2. The van der Waals surface area contributed by atoms with Crippen LogP contribution in [-0.4, -0.2) is 18.1 Å². The van der Waals surface area contributed by atoms with Crippen LogP contribution in [0.4, 0.5) is 0 Å². The van der Waals surface area contributed by atoms with Gasteiger partial charge < -0.3 is 4.74 Å². The van der Waals surface area contributed by atoms with Crippen molar-refractivity contribution >= 4 is 17.6 Å². The first-order valence-electron chi connectivity index (χ1n) is 6.36. The average Bonchev–Trinajstić information content (AvgIpc) is 2.52. The molecule has 1 heterocycles. The fourth-order valence-corrected chi connectivity index (χ4v) is 2.22. The molecule has 21 heavy (non-hydrogen) atoms. The molecule has 0 N–H and O–H groups in total. The van der Waals surface area contributed by atoms with E-state index in [1.165, 1.54) is 7.11 Å². The molecule has 0 aliphatic heterocycles. The van der Waals surface area contributed by atoms with Crippen LogP contribution in [0, 0.1) is 11.3 Å². The standard InChI is InChI=1S/C16H13ClN2O2/c1-21-16(20)13-6-3-11(4-7-13)2-5-12-8-9-19-15(17)14(12)10-18/h3-4,6-9H,2,5H2,1H3. The summed E-state index contributed by atoms with van der Waals surface area (Å²) in [6, 6.07) is 11.1. The topological polar surface area (TPSA) is 63.0 Å². The van der Waals surface area contributed by atoms with Crippen molar-refractivity contribution in [1.82, 2.24) is 4.98 Å². The Kier molecular flexibility index (Phi) is 4.91. The number of carbonyl (C=O) groups is 1. The van der Waals surface area contributed by atoms with Gasteiger partial charge in [0.1, 0.15) is 11.2 Å². The molecule has 0 spiro atoms. The number of nitrogens with zero attached hydrogens (tertiary/aromatic N) is 2. The molecule has 1 aromatic heterocycles. The molecule has 0 saturated carbocycles. The molecule has 0 amide bonds. The van der Waals surface area contributed by atoms with E-state index < -0.39 is 0 Å². The second kappa shape index (κ2) is 6.87. The van der Waals surface area contributed by atoms with Gasteiger partial charge in [-0.1, -0.05) is 23.7 Å². The number of rotatable bonds is 4. The molecule has 0 bridgehead atoms. The van der Waals surface area contributed by atoms with E-state index in [-0.39, 0.29) is 11.1 Å². The number of pyridine rings is 1. The minimum Gasteiger partial charge on any atom is -0.465 e. The maximum absolute atomic E-state index is 11.3. The van der Waals surface area contributed by atoms with Gasteiger partial charge in [-0.3, -0.25) is 0 Å². The van der Waals surface area contributed by atoms with Gasteiger partial charge in [0.25, 0.3) is 0 Å². The third-order valence-corrected chi connectivity index (χ3v) is 3.45. The summed E-state index contributed by atoms with van der Waals surface area (Å²) in [5.41, 5.74) is 2.88. The largest absolute Gasteiger partial charge is 0.465 e. The molecule has 0 radical (unpaired) electrons. The van der Waals surface area contributed by atoms with Gasteiger partial charge in [-0.25, -0.2) is 9.78 Å². The third-order valence-electron chi connectivity index (χ3n) is 3.16. The smallest absolute Gasteiger partial charge is 0.337 e. The minimum absolute atomic E-state index is 0.232. The van der Waals surface area contributed by atoms with Crippen molar-refractivity contribution in [2.75, 3.05) is 7.11 Å². The molecule has 5 heteroatoms. The maximum atomic E-state index is 11.3. The molecule has 2 rings (SSSR count). The molecule has 0 unspecified atom stereocenters. The fraction of sp³-hybridized carbons (Fsp3) is 0.188. The predicted octanol–water partition coefficient (Wildman–Crippen LogP) is 3.18. The van der Waals surface area contributed by atoms with Crippen LogP contribution < -0.4 is 0 Å². The molecule has 0 atom stereocenters. The summed E-state index contributed by atoms with van der Waals surface area (Å²) in [6.45, 7) is 0. The Balaban J connectivity index is 2.09. The van der Waals surface area contributed by atoms with Gasteiger partial charge >= 0.3 is 5.97 Å². The molecule has 0 saturated heterocycles. The Morgan fingerprint density at radius 3 is 2.62 bits per heavy atom. The van der Waals surface area contributed by atoms with Crippen LogP contribution in [0.1, 0.15) is 27.0 Å². The first-order chi connectivity index (χ1) is 10.2. The van der Waals surface area contributed by atoms with E-state index in [2.05, 4.69) is 15.8 Å². The number of nitriles is 1. The lowest BCUT2D eigenvalue weighted by Gasteiger charge is -2.06. The van der Waals surface area contributed by atoms with E-state index in [1.54, 1.807) is 24.4 Å². The first kappa shape index (κ1) is 15.0.